The average Bonchev–Trinajstić information content (AvgIpc) is 2.94. The van der Waals surface area contributed by atoms with Crippen molar-refractivity contribution in [1.82, 2.24) is 14.9 Å². The van der Waals surface area contributed by atoms with Gasteiger partial charge < -0.3 is 9.88 Å². The summed E-state index contributed by atoms with van der Waals surface area (Å²) in [6.07, 6.45) is 12.0. The van der Waals surface area contributed by atoms with Crippen molar-refractivity contribution in [3.63, 3.8) is 0 Å². The predicted molar refractivity (Wildman–Crippen MR) is 78.1 cm³/mol. The van der Waals surface area contributed by atoms with Crippen LogP contribution in [0.2, 0.25) is 0 Å². The second-order valence-corrected chi connectivity index (χ2v) is 7.17. The number of imidazole rings is 1. The van der Waals surface area contributed by atoms with Crippen molar-refractivity contribution in [2.24, 2.45) is 5.41 Å². The molecule has 2 fully saturated rings. The van der Waals surface area contributed by atoms with E-state index in [0.29, 0.717) is 23.5 Å². The van der Waals surface area contributed by atoms with Crippen molar-refractivity contribution in [3.8, 4) is 0 Å². The molecule has 1 saturated carbocycles. The Morgan fingerprint density at radius 3 is 2.79 bits per heavy atom. The number of hydrogen-bond acceptors (Lipinski definition) is 2. The second kappa shape index (κ2) is 4.93. The van der Waals surface area contributed by atoms with E-state index in [0.717, 1.165) is 0 Å². The van der Waals surface area contributed by atoms with Gasteiger partial charge in [0.1, 0.15) is 0 Å². The van der Waals surface area contributed by atoms with Crippen molar-refractivity contribution < 1.29 is 0 Å². The third-order valence-corrected chi connectivity index (χ3v) is 5.21. The normalized spacial score (nSPS) is 34.6. The van der Waals surface area contributed by atoms with E-state index in [1.165, 1.54) is 44.2 Å². The number of nitrogens with one attached hydrogen (secondary N) is 1. The Balaban J connectivity index is 1.86. The summed E-state index contributed by atoms with van der Waals surface area (Å²) in [5, 5.41) is 3.75. The average molecular weight is 261 g/mol. The highest BCUT2D eigenvalue weighted by atomic mass is 15.1. The minimum atomic E-state index is 0.412. The van der Waals surface area contributed by atoms with Gasteiger partial charge in [-0.1, -0.05) is 20.3 Å². The van der Waals surface area contributed by atoms with Crippen LogP contribution in [0.4, 0.5) is 0 Å². The van der Waals surface area contributed by atoms with Gasteiger partial charge >= 0.3 is 0 Å². The third kappa shape index (κ3) is 2.45. The van der Waals surface area contributed by atoms with Crippen LogP contribution < -0.4 is 5.32 Å². The highest BCUT2D eigenvalue weighted by Crippen LogP contribution is 2.47. The standard InChI is InChI=1S/C16H27N3/c1-12-6-4-7-13(18-12)14-10-17-11-19(14)15-8-5-9-16(15,2)3/h10-13,15,18H,4-9H2,1-3H3. The first-order valence-electron chi connectivity index (χ1n) is 7.86. The van der Waals surface area contributed by atoms with Gasteiger partial charge in [0.05, 0.1) is 12.0 Å². The van der Waals surface area contributed by atoms with Crippen LogP contribution in [0.3, 0.4) is 0 Å². The molecule has 1 aliphatic heterocycles. The zero-order valence-corrected chi connectivity index (χ0v) is 12.5. The van der Waals surface area contributed by atoms with E-state index in [9.17, 15) is 0 Å². The first kappa shape index (κ1) is 13.2. The van der Waals surface area contributed by atoms with Crippen molar-refractivity contribution >= 4 is 0 Å². The van der Waals surface area contributed by atoms with Crippen molar-refractivity contribution in [1.29, 1.82) is 0 Å². The lowest BCUT2D eigenvalue weighted by molar-refractivity contribution is 0.243. The minimum Gasteiger partial charge on any atom is -0.330 e. The van der Waals surface area contributed by atoms with E-state index < -0.39 is 0 Å². The summed E-state index contributed by atoms with van der Waals surface area (Å²) < 4.78 is 2.47. The molecule has 1 aliphatic carbocycles. The van der Waals surface area contributed by atoms with Crippen molar-refractivity contribution in [2.75, 3.05) is 0 Å². The molecule has 2 aliphatic rings. The van der Waals surface area contributed by atoms with Gasteiger partial charge in [0.15, 0.2) is 0 Å². The quantitative estimate of drug-likeness (QED) is 0.876. The van der Waals surface area contributed by atoms with Gasteiger partial charge in [-0.2, -0.15) is 0 Å². The molecule has 19 heavy (non-hydrogen) atoms. The zero-order valence-electron chi connectivity index (χ0n) is 12.5. The van der Waals surface area contributed by atoms with Gasteiger partial charge in [0, 0.05) is 24.3 Å². The maximum Gasteiger partial charge on any atom is 0.0951 e. The number of rotatable bonds is 2. The minimum absolute atomic E-state index is 0.412. The van der Waals surface area contributed by atoms with Crippen LogP contribution in [-0.4, -0.2) is 15.6 Å². The van der Waals surface area contributed by atoms with Crippen LogP contribution in [0.15, 0.2) is 12.5 Å². The zero-order chi connectivity index (χ0) is 13.5. The molecule has 3 atom stereocenters. The van der Waals surface area contributed by atoms with E-state index in [1.807, 2.05) is 0 Å². The Morgan fingerprint density at radius 2 is 2.11 bits per heavy atom. The van der Waals surface area contributed by atoms with Gasteiger partial charge in [0.25, 0.3) is 0 Å². The molecule has 3 nitrogen and oxygen atoms in total. The molecule has 0 bridgehead atoms. The highest BCUT2D eigenvalue weighted by molar-refractivity contribution is 5.10. The Hall–Kier alpha value is -0.830. The molecule has 3 rings (SSSR count). The number of aromatic nitrogens is 2. The summed E-state index contributed by atoms with van der Waals surface area (Å²) in [6, 6.07) is 1.77. The summed E-state index contributed by atoms with van der Waals surface area (Å²) in [5.41, 5.74) is 1.82. The molecule has 0 amide bonds. The van der Waals surface area contributed by atoms with Gasteiger partial charge in [-0.15, -0.1) is 0 Å². The Labute approximate surface area is 116 Å². The lowest BCUT2D eigenvalue weighted by Gasteiger charge is -2.34. The molecule has 106 valence electrons. The van der Waals surface area contributed by atoms with E-state index in [-0.39, 0.29) is 0 Å². The molecule has 1 aromatic heterocycles. The van der Waals surface area contributed by atoms with E-state index in [1.54, 1.807) is 0 Å². The molecule has 0 aromatic carbocycles. The third-order valence-electron chi connectivity index (χ3n) is 5.21. The predicted octanol–water partition coefficient (Wildman–Crippen LogP) is 3.84. The molecule has 1 saturated heterocycles. The summed E-state index contributed by atoms with van der Waals surface area (Å²) in [6.45, 7) is 7.11. The second-order valence-electron chi connectivity index (χ2n) is 7.17. The number of hydrogen-bond donors (Lipinski definition) is 1. The first-order chi connectivity index (χ1) is 9.08. The maximum atomic E-state index is 4.46. The molecule has 3 unspecified atom stereocenters. The van der Waals surface area contributed by atoms with E-state index >= 15 is 0 Å². The van der Waals surface area contributed by atoms with Gasteiger partial charge in [-0.3, -0.25) is 0 Å². The maximum absolute atomic E-state index is 4.46. The van der Waals surface area contributed by atoms with Crippen LogP contribution in [-0.2, 0) is 0 Å². The van der Waals surface area contributed by atoms with E-state index in [4.69, 9.17) is 0 Å². The summed E-state index contributed by atoms with van der Waals surface area (Å²) in [7, 11) is 0. The first-order valence-corrected chi connectivity index (χ1v) is 7.86. The molecule has 0 radical (unpaired) electrons. The smallest absolute Gasteiger partial charge is 0.0951 e. The van der Waals surface area contributed by atoms with Crippen LogP contribution >= 0.6 is 0 Å². The Bertz CT molecular complexity index is 435. The summed E-state index contributed by atoms with van der Waals surface area (Å²) >= 11 is 0. The molecular formula is C16H27N3. The molecule has 1 aromatic rings. The molecule has 2 heterocycles. The van der Waals surface area contributed by atoms with Gasteiger partial charge in [0.2, 0.25) is 0 Å². The van der Waals surface area contributed by atoms with Crippen LogP contribution in [0.5, 0.6) is 0 Å². The fourth-order valence-corrected chi connectivity index (χ4v) is 4.04. The topological polar surface area (TPSA) is 29.9 Å². The summed E-state index contributed by atoms with van der Waals surface area (Å²) in [4.78, 5) is 4.46. The lowest BCUT2D eigenvalue weighted by Crippen LogP contribution is -2.36. The van der Waals surface area contributed by atoms with E-state index in [2.05, 4.69) is 48.2 Å². The largest absolute Gasteiger partial charge is 0.330 e. The molecule has 0 spiro atoms. The molecular weight excluding hydrogens is 234 g/mol. The van der Waals surface area contributed by atoms with Crippen LogP contribution in [0.1, 0.15) is 77.1 Å². The number of piperidine rings is 1. The molecule has 1 N–H and O–H groups in total. The van der Waals surface area contributed by atoms with Crippen molar-refractivity contribution in [2.45, 2.75) is 77.4 Å². The van der Waals surface area contributed by atoms with Gasteiger partial charge in [-0.25, -0.2) is 4.98 Å². The van der Waals surface area contributed by atoms with Crippen molar-refractivity contribution in [3.05, 3.63) is 18.2 Å². The fourth-order valence-electron chi connectivity index (χ4n) is 4.04. The number of nitrogens with zero attached hydrogens (tertiary/aromatic N) is 2. The molecule has 3 heteroatoms. The monoisotopic (exact) mass is 261 g/mol. The SMILES string of the molecule is CC1CCCC(c2cncn2C2CCCC2(C)C)N1. The van der Waals surface area contributed by atoms with Gasteiger partial charge in [-0.05, 0) is 44.4 Å². The highest BCUT2D eigenvalue weighted by Gasteiger charge is 2.37. The summed E-state index contributed by atoms with van der Waals surface area (Å²) in [5.74, 6) is 0. The fraction of sp³-hybridized carbons (Fsp3) is 0.812. The Kier molecular flexibility index (Phi) is 3.42. The van der Waals surface area contributed by atoms with Crippen LogP contribution in [0, 0.1) is 5.41 Å². The Morgan fingerprint density at radius 1 is 1.26 bits per heavy atom. The van der Waals surface area contributed by atoms with Crippen LogP contribution in [0.25, 0.3) is 0 Å². The lowest BCUT2D eigenvalue weighted by atomic mass is 9.86.